The second kappa shape index (κ2) is 9.58. The summed E-state index contributed by atoms with van der Waals surface area (Å²) in [5.74, 6) is -0.365. The van der Waals surface area contributed by atoms with Crippen molar-refractivity contribution in [3.63, 3.8) is 0 Å². The highest BCUT2D eigenvalue weighted by Crippen LogP contribution is 2.37. The minimum Gasteiger partial charge on any atom is -0.493 e. The van der Waals surface area contributed by atoms with Crippen LogP contribution in [0, 0.1) is 0 Å². The van der Waals surface area contributed by atoms with Crippen LogP contribution in [0.5, 0.6) is 5.75 Å². The van der Waals surface area contributed by atoms with E-state index in [1.54, 1.807) is 43.3 Å². The van der Waals surface area contributed by atoms with Crippen LogP contribution in [0.4, 0.5) is 5.00 Å². The van der Waals surface area contributed by atoms with Crippen molar-refractivity contribution in [1.29, 1.82) is 0 Å². The summed E-state index contributed by atoms with van der Waals surface area (Å²) in [5, 5.41) is 5.68. The number of carbonyl (C=O) groups is 2. The maximum absolute atomic E-state index is 12.9. The van der Waals surface area contributed by atoms with Crippen LogP contribution in [0.25, 0.3) is 11.1 Å². The summed E-state index contributed by atoms with van der Waals surface area (Å²) in [6.07, 6.45) is 0. The molecule has 3 rings (SSSR count). The van der Waals surface area contributed by atoms with Crippen LogP contribution in [0.15, 0.2) is 53.9 Å². The molecular weight excluding hydrogens is 410 g/mol. The fourth-order valence-corrected chi connectivity index (χ4v) is 3.88. The van der Waals surface area contributed by atoms with Crippen molar-refractivity contribution in [3.8, 4) is 16.9 Å². The van der Waals surface area contributed by atoms with Crippen LogP contribution in [-0.2, 0) is 4.74 Å². The summed E-state index contributed by atoms with van der Waals surface area (Å²) in [7, 11) is 0. The molecule has 1 heterocycles. The quantitative estimate of drug-likeness (QED) is 0.475. The fourth-order valence-electron chi connectivity index (χ4n) is 2.80. The van der Waals surface area contributed by atoms with Crippen molar-refractivity contribution in [1.82, 2.24) is 0 Å². The number of esters is 1. The number of rotatable bonds is 7. The van der Waals surface area contributed by atoms with E-state index in [0.717, 1.165) is 5.56 Å². The molecule has 0 spiro atoms. The molecule has 29 heavy (non-hydrogen) atoms. The van der Waals surface area contributed by atoms with Gasteiger partial charge in [0.05, 0.1) is 18.8 Å². The maximum Gasteiger partial charge on any atom is 0.341 e. The Hall–Kier alpha value is -2.83. The molecule has 0 radical (unpaired) electrons. The number of benzene rings is 2. The molecule has 0 aliphatic heterocycles. The SMILES string of the molecule is CCOC(=O)c1c(-c2ccc(Cl)cc2)csc1NC(=O)c1ccccc1OCC. The number of amides is 1. The van der Waals surface area contributed by atoms with Crippen molar-refractivity contribution in [2.24, 2.45) is 0 Å². The average molecular weight is 430 g/mol. The van der Waals surface area contributed by atoms with Gasteiger partial charge in [-0.2, -0.15) is 0 Å². The Morgan fingerprint density at radius 1 is 1.03 bits per heavy atom. The van der Waals surface area contributed by atoms with E-state index in [1.807, 2.05) is 24.4 Å². The molecule has 1 amide bonds. The zero-order valence-corrected chi connectivity index (χ0v) is 17.6. The van der Waals surface area contributed by atoms with Gasteiger partial charge in [-0.15, -0.1) is 11.3 Å². The molecule has 0 saturated carbocycles. The highest BCUT2D eigenvalue weighted by molar-refractivity contribution is 7.15. The fraction of sp³-hybridized carbons (Fsp3) is 0.182. The van der Waals surface area contributed by atoms with Crippen molar-refractivity contribution in [3.05, 3.63) is 70.1 Å². The molecule has 150 valence electrons. The smallest absolute Gasteiger partial charge is 0.341 e. The van der Waals surface area contributed by atoms with Gasteiger partial charge in [0.25, 0.3) is 5.91 Å². The number of nitrogens with one attached hydrogen (secondary N) is 1. The molecule has 3 aromatic rings. The Labute approximate surface area is 178 Å². The largest absolute Gasteiger partial charge is 0.493 e. The second-order valence-corrected chi connectivity index (χ2v) is 7.28. The molecule has 7 heteroatoms. The monoisotopic (exact) mass is 429 g/mol. The maximum atomic E-state index is 12.9. The Balaban J connectivity index is 1.98. The standard InChI is InChI=1S/C22H20ClNO4S/c1-3-27-18-8-6-5-7-16(18)20(25)24-21-19(22(26)28-4-2)17(13-29-21)14-9-11-15(23)12-10-14/h5-13H,3-4H2,1-2H3,(H,24,25). The summed E-state index contributed by atoms with van der Waals surface area (Å²) in [4.78, 5) is 25.5. The van der Waals surface area contributed by atoms with Gasteiger partial charge in [-0.3, -0.25) is 4.79 Å². The Morgan fingerprint density at radius 3 is 2.45 bits per heavy atom. The van der Waals surface area contributed by atoms with Crippen LogP contribution < -0.4 is 10.1 Å². The van der Waals surface area contributed by atoms with Gasteiger partial charge in [0.2, 0.25) is 0 Å². The first kappa shape index (κ1) is 20.9. The number of halogens is 1. The van der Waals surface area contributed by atoms with Crippen molar-refractivity contribution in [2.75, 3.05) is 18.5 Å². The number of hydrogen-bond acceptors (Lipinski definition) is 5. The first-order valence-electron chi connectivity index (χ1n) is 9.12. The van der Waals surface area contributed by atoms with E-state index in [4.69, 9.17) is 21.1 Å². The summed E-state index contributed by atoms with van der Waals surface area (Å²) in [5.41, 5.74) is 2.20. The number of ether oxygens (including phenoxy) is 2. The van der Waals surface area contributed by atoms with E-state index < -0.39 is 5.97 Å². The van der Waals surface area contributed by atoms with E-state index in [1.165, 1.54) is 11.3 Å². The summed E-state index contributed by atoms with van der Waals surface area (Å²) in [6, 6.07) is 14.1. The Morgan fingerprint density at radius 2 is 1.76 bits per heavy atom. The predicted octanol–water partition coefficient (Wildman–Crippen LogP) is 5.90. The average Bonchev–Trinajstić information content (AvgIpc) is 3.13. The van der Waals surface area contributed by atoms with Crippen molar-refractivity contribution in [2.45, 2.75) is 13.8 Å². The second-order valence-electron chi connectivity index (χ2n) is 5.96. The normalized spacial score (nSPS) is 10.4. The van der Waals surface area contributed by atoms with Gasteiger partial charge in [0.15, 0.2) is 0 Å². The lowest BCUT2D eigenvalue weighted by atomic mass is 10.0. The molecule has 0 aliphatic rings. The molecule has 1 N–H and O–H groups in total. The Kier molecular flexibility index (Phi) is 6.90. The summed E-state index contributed by atoms with van der Waals surface area (Å²) >= 11 is 7.24. The topological polar surface area (TPSA) is 64.6 Å². The zero-order valence-electron chi connectivity index (χ0n) is 16.0. The van der Waals surface area contributed by atoms with Gasteiger partial charge in [-0.05, 0) is 43.7 Å². The third-order valence-electron chi connectivity index (χ3n) is 4.08. The minimum atomic E-state index is -0.493. The highest BCUT2D eigenvalue weighted by Gasteiger charge is 2.24. The Bertz CT molecular complexity index is 1010. The molecule has 5 nitrogen and oxygen atoms in total. The molecular formula is C22H20ClNO4S. The molecule has 0 fully saturated rings. The van der Waals surface area contributed by atoms with Crippen LogP contribution in [0.1, 0.15) is 34.6 Å². The van der Waals surface area contributed by atoms with E-state index in [9.17, 15) is 9.59 Å². The van der Waals surface area contributed by atoms with Gasteiger partial charge in [-0.25, -0.2) is 4.79 Å². The number of thiophene rings is 1. The first-order chi connectivity index (χ1) is 14.0. The molecule has 2 aromatic carbocycles. The molecule has 0 bridgehead atoms. The molecule has 0 aliphatic carbocycles. The van der Waals surface area contributed by atoms with Crippen LogP contribution in [0.2, 0.25) is 5.02 Å². The molecule has 1 aromatic heterocycles. The van der Waals surface area contributed by atoms with Crippen LogP contribution in [-0.4, -0.2) is 25.1 Å². The van der Waals surface area contributed by atoms with Gasteiger partial charge >= 0.3 is 5.97 Å². The summed E-state index contributed by atoms with van der Waals surface area (Å²) < 4.78 is 10.8. The number of carbonyl (C=O) groups excluding carboxylic acids is 2. The molecule has 0 saturated heterocycles. The van der Waals surface area contributed by atoms with Gasteiger partial charge in [0, 0.05) is 16.0 Å². The number of hydrogen-bond donors (Lipinski definition) is 1. The third-order valence-corrected chi connectivity index (χ3v) is 5.23. The molecule has 0 atom stereocenters. The van der Waals surface area contributed by atoms with Crippen LogP contribution >= 0.6 is 22.9 Å². The van der Waals surface area contributed by atoms with Crippen molar-refractivity contribution < 1.29 is 19.1 Å². The van der Waals surface area contributed by atoms with Gasteiger partial charge < -0.3 is 14.8 Å². The number of para-hydroxylation sites is 1. The van der Waals surface area contributed by atoms with Crippen molar-refractivity contribution >= 4 is 39.8 Å². The zero-order chi connectivity index (χ0) is 20.8. The van der Waals surface area contributed by atoms with E-state index >= 15 is 0 Å². The van der Waals surface area contributed by atoms with E-state index in [2.05, 4.69) is 5.32 Å². The van der Waals surface area contributed by atoms with E-state index in [0.29, 0.717) is 39.1 Å². The summed E-state index contributed by atoms with van der Waals surface area (Å²) in [6.45, 7) is 4.27. The lowest BCUT2D eigenvalue weighted by molar-refractivity contribution is 0.0529. The lowest BCUT2D eigenvalue weighted by Gasteiger charge is -2.11. The van der Waals surface area contributed by atoms with Crippen LogP contribution in [0.3, 0.4) is 0 Å². The van der Waals surface area contributed by atoms with Gasteiger partial charge in [-0.1, -0.05) is 35.9 Å². The first-order valence-corrected chi connectivity index (χ1v) is 10.4. The lowest BCUT2D eigenvalue weighted by Crippen LogP contribution is -2.16. The van der Waals surface area contributed by atoms with E-state index in [-0.39, 0.29) is 12.5 Å². The predicted molar refractivity (Wildman–Crippen MR) is 116 cm³/mol. The molecule has 0 unspecified atom stereocenters. The van der Waals surface area contributed by atoms with Gasteiger partial charge in [0.1, 0.15) is 16.3 Å². The third kappa shape index (κ3) is 4.78. The number of anilines is 1. The minimum absolute atomic E-state index is 0.231. The highest BCUT2D eigenvalue weighted by atomic mass is 35.5.